The number of hydrogen-bond donors (Lipinski definition) is 0. The summed E-state index contributed by atoms with van der Waals surface area (Å²) in [5, 5.41) is 0. The molecular weight excluding hydrogens is 548 g/mol. The lowest BCUT2D eigenvalue weighted by molar-refractivity contribution is 0.0971. The molecule has 256 valence electrons. The maximum atomic E-state index is 13.3. The number of ketones is 2. The molecule has 0 spiro atoms. The lowest BCUT2D eigenvalue weighted by atomic mass is 9.80. The molecule has 0 aliphatic heterocycles. The Morgan fingerprint density at radius 1 is 0.444 bits per heavy atom. The highest BCUT2D eigenvalue weighted by Gasteiger charge is 2.30. The minimum absolute atomic E-state index is 0.0383. The van der Waals surface area contributed by atoms with Crippen molar-refractivity contribution in [3.8, 4) is 0 Å². The molecule has 1 aliphatic carbocycles. The molecule has 0 amide bonds. The minimum atomic E-state index is 0.0383. The van der Waals surface area contributed by atoms with Crippen molar-refractivity contribution in [1.82, 2.24) is 0 Å². The van der Waals surface area contributed by atoms with Crippen molar-refractivity contribution in [3.63, 3.8) is 0 Å². The van der Waals surface area contributed by atoms with Crippen molar-refractivity contribution in [3.05, 3.63) is 45.5 Å². The average molecular weight is 621 g/mol. The van der Waals surface area contributed by atoms with E-state index in [0.29, 0.717) is 29.0 Å². The van der Waals surface area contributed by atoms with Gasteiger partial charge < -0.3 is 0 Å². The smallest absolute Gasteiger partial charge is 0.190 e. The van der Waals surface area contributed by atoms with Gasteiger partial charge in [-0.25, -0.2) is 0 Å². The van der Waals surface area contributed by atoms with Crippen LogP contribution in [0.2, 0.25) is 0 Å². The third-order valence-electron chi connectivity index (χ3n) is 11.1. The second-order valence-electron chi connectivity index (χ2n) is 16.4. The van der Waals surface area contributed by atoms with Crippen molar-refractivity contribution in [2.24, 2.45) is 35.5 Å². The van der Waals surface area contributed by atoms with E-state index in [-0.39, 0.29) is 11.6 Å². The summed E-state index contributed by atoms with van der Waals surface area (Å²) in [6, 6.07) is 3.82. The van der Waals surface area contributed by atoms with Gasteiger partial charge in [-0.15, -0.1) is 0 Å². The molecule has 0 saturated heterocycles. The number of rotatable bonds is 23. The Hall–Kier alpha value is -1.70. The van der Waals surface area contributed by atoms with Crippen LogP contribution in [0.3, 0.4) is 0 Å². The molecule has 0 radical (unpaired) electrons. The van der Waals surface area contributed by atoms with Crippen LogP contribution in [0.1, 0.15) is 196 Å². The predicted octanol–water partition coefficient (Wildman–Crippen LogP) is 13.5. The second kappa shape index (κ2) is 20.5. The molecule has 0 heterocycles. The summed E-state index contributed by atoms with van der Waals surface area (Å²) in [5.41, 5.74) is 4.76. The van der Waals surface area contributed by atoms with Crippen LogP contribution >= 0.6 is 0 Å². The molecule has 0 saturated carbocycles. The predicted molar refractivity (Wildman–Crippen MR) is 196 cm³/mol. The summed E-state index contributed by atoms with van der Waals surface area (Å²) < 4.78 is 0. The number of carbonyl (C=O) groups excluding carboxylic acids is 2. The Morgan fingerprint density at radius 3 is 1.11 bits per heavy atom. The zero-order chi connectivity index (χ0) is 33.5. The topological polar surface area (TPSA) is 34.1 Å². The molecule has 1 aromatic rings. The van der Waals surface area contributed by atoms with Gasteiger partial charge in [-0.3, -0.25) is 9.59 Å². The normalized spacial score (nSPS) is 17.0. The van der Waals surface area contributed by atoms with Crippen molar-refractivity contribution >= 4 is 11.6 Å². The first-order valence-corrected chi connectivity index (χ1v) is 19.2. The number of benzene rings is 1. The summed E-state index contributed by atoms with van der Waals surface area (Å²) in [6.07, 6.45) is 22.3. The third-order valence-corrected chi connectivity index (χ3v) is 11.1. The molecule has 2 nitrogen and oxygen atoms in total. The molecule has 2 rings (SSSR count). The number of allylic oxidation sites excluding steroid dienone is 2. The van der Waals surface area contributed by atoms with Gasteiger partial charge in [0.25, 0.3) is 0 Å². The van der Waals surface area contributed by atoms with Crippen molar-refractivity contribution in [2.75, 3.05) is 0 Å². The molecule has 1 aromatic carbocycles. The molecule has 0 aromatic heterocycles. The summed E-state index contributed by atoms with van der Waals surface area (Å²) in [5.74, 6) is 4.98. The maximum Gasteiger partial charge on any atom is 0.190 e. The highest BCUT2D eigenvalue weighted by atomic mass is 16.1. The fraction of sp³-hybridized carbons (Fsp3) is 0.767. The molecule has 5 atom stereocenters. The zero-order valence-electron chi connectivity index (χ0n) is 31.5. The van der Waals surface area contributed by atoms with E-state index in [1.54, 1.807) is 0 Å². The van der Waals surface area contributed by atoms with Gasteiger partial charge in [-0.05, 0) is 92.4 Å². The molecule has 1 aliphatic rings. The summed E-state index contributed by atoms with van der Waals surface area (Å²) in [6.45, 7) is 22.7. The standard InChI is InChI=1S/C43H72O2/c1-30(2)16-11-17-31(3)18-12-19-32(4)20-13-21-33(5)22-14-23-34(6)24-15-25-35(7)26-27-39-38(10)42(44)40-28-36(8)37(9)29-41(40)43(39)45/h28-35H,11-27H2,1-10H3. The van der Waals surface area contributed by atoms with E-state index in [1.807, 2.05) is 32.9 Å². The highest BCUT2D eigenvalue weighted by Crippen LogP contribution is 2.32. The Morgan fingerprint density at radius 2 is 0.756 bits per heavy atom. The van der Waals surface area contributed by atoms with Gasteiger partial charge >= 0.3 is 0 Å². The van der Waals surface area contributed by atoms with E-state index in [1.165, 1.54) is 96.3 Å². The third kappa shape index (κ3) is 14.3. The Bertz CT molecular complexity index is 1080. The number of hydrogen-bond acceptors (Lipinski definition) is 2. The van der Waals surface area contributed by atoms with E-state index in [9.17, 15) is 9.59 Å². The largest absolute Gasteiger partial charge is 0.289 e. The first-order valence-electron chi connectivity index (χ1n) is 19.2. The van der Waals surface area contributed by atoms with E-state index >= 15 is 0 Å². The van der Waals surface area contributed by atoms with Crippen LogP contribution in [0.4, 0.5) is 0 Å². The van der Waals surface area contributed by atoms with Crippen molar-refractivity contribution in [1.29, 1.82) is 0 Å². The molecule has 0 bridgehead atoms. The quantitative estimate of drug-likeness (QED) is 0.122. The van der Waals surface area contributed by atoms with Crippen LogP contribution in [-0.4, -0.2) is 11.6 Å². The van der Waals surface area contributed by atoms with Crippen LogP contribution in [-0.2, 0) is 0 Å². The minimum Gasteiger partial charge on any atom is -0.289 e. The number of carbonyl (C=O) groups is 2. The van der Waals surface area contributed by atoms with E-state index < -0.39 is 0 Å². The maximum absolute atomic E-state index is 13.3. The summed E-state index contributed by atoms with van der Waals surface area (Å²) >= 11 is 0. The van der Waals surface area contributed by atoms with Crippen LogP contribution in [0.15, 0.2) is 23.3 Å². The fourth-order valence-electron chi connectivity index (χ4n) is 7.41. The Kier molecular flexibility index (Phi) is 18.0. The number of aryl methyl sites for hydroxylation is 2. The van der Waals surface area contributed by atoms with Gasteiger partial charge in [0.05, 0.1) is 0 Å². The van der Waals surface area contributed by atoms with E-state index in [2.05, 4.69) is 48.5 Å². The number of Topliss-reactive ketones (excluding diaryl/α,β-unsaturated/α-hetero) is 2. The first kappa shape index (κ1) is 39.5. The van der Waals surface area contributed by atoms with Gasteiger partial charge in [0.1, 0.15) is 0 Å². The summed E-state index contributed by atoms with van der Waals surface area (Å²) in [7, 11) is 0. The van der Waals surface area contributed by atoms with Crippen molar-refractivity contribution in [2.45, 2.75) is 178 Å². The molecule has 0 N–H and O–H groups in total. The van der Waals surface area contributed by atoms with E-state index in [0.717, 1.165) is 52.7 Å². The molecular formula is C43H72O2. The van der Waals surface area contributed by atoms with Crippen LogP contribution in [0, 0.1) is 49.4 Å². The second-order valence-corrected chi connectivity index (χ2v) is 16.4. The molecule has 5 unspecified atom stereocenters. The summed E-state index contributed by atoms with van der Waals surface area (Å²) in [4.78, 5) is 26.3. The van der Waals surface area contributed by atoms with Crippen LogP contribution < -0.4 is 0 Å². The van der Waals surface area contributed by atoms with Crippen molar-refractivity contribution < 1.29 is 9.59 Å². The lowest BCUT2D eigenvalue weighted by Crippen LogP contribution is -2.22. The van der Waals surface area contributed by atoms with Gasteiger partial charge in [0, 0.05) is 22.3 Å². The first-order chi connectivity index (χ1) is 21.3. The highest BCUT2D eigenvalue weighted by molar-refractivity contribution is 6.26. The molecule has 0 fully saturated rings. The monoisotopic (exact) mass is 621 g/mol. The number of fused-ring (bicyclic) bond motifs is 1. The van der Waals surface area contributed by atoms with Crippen LogP contribution in [0.5, 0.6) is 0 Å². The zero-order valence-corrected chi connectivity index (χ0v) is 31.5. The fourth-order valence-corrected chi connectivity index (χ4v) is 7.41. The Balaban J connectivity index is 1.54. The average Bonchev–Trinajstić information content (AvgIpc) is 2.97. The molecule has 45 heavy (non-hydrogen) atoms. The SMILES string of the molecule is CC1=C(CCC(C)CCCC(C)CCCC(C)CCCC(C)CCCC(C)CCCC(C)C)C(=O)c2cc(C)c(C)cc2C1=O. The van der Waals surface area contributed by atoms with Gasteiger partial charge in [0.15, 0.2) is 11.6 Å². The Labute approximate surface area is 280 Å². The lowest BCUT2D eigenvalue weighted by Gasteiger charge is -2.22. The van der Waals surface area contributed by atoms with E-state index in [4.69, 9.17) is 0 Å². The van der Waals surface area contributed by atoms with Gasteiger partial charge in [0.2, 0.25) is 0 Å². The van der Waals surface area contributed by atoms with Crippen LogP contribution in [0.25, 0.3) is 0 Å². The van der Waals surface area contributed by atoms with Gasteiger partial charge in [-0.1, -0.05) is 145 Å². The van der Waals surface area contributed by atoms with Gasteiger partial charge in [-0.2, -0.15) is 0 Å². The molecule has 2 heteroatoms.